The van der Waals surface area contributed by atoms with Gasteiger partial charge in [-0.05, 0) is 73.7 Å². The van der Waals surface area contributed by atoms with Gasteiger partial charge in [-0.15, -0.1) is 11.8 Å². The second-order valence-electron chi connectivity index (χ2n) is 12.3. The number of carbonyl (C=O) groups is 3. The molecule has 1 heterocycles. The van der Waals surface area contributed by atoms with E-state index >= 15 is 0 Å². The highest BCUT2D eigenvalue weighted by atomic mass is 32.2. The van der Waals surface area contributed by atoms with Crippen molar-refractivity contribution >= 4 is 29.7 Å². The van der Waals surface area contributed by atoms with Gasteiger partial charge in [-0.2, -0.15) is 0 Å². The number of aliphatic hydroxyl groups is 1. The summed E-state index contributed by atoms with van der Waals surface area (Å²) in [5, 5.41) is 17.2. The normalized spacial score (nSPS) is 16.4. The number of carbonyl (C=O) groups excluding carboxylic acids is 3. The number of hydrogen-bond acceptors (Lipinski definition) is 7. The topological polar surface area (TPSA) is 117 Å². The average molecular weight is 668 g/mol. The molecule has 1 fully saturated rings. The maximum Gasteiger partial charge on any atom is 0.407 e. The molecule has 0 saturated carbocycles. The summed E-state index contributed by atoms with van der Waals surface area (Å²) in [4.78, 5) is 42.0. The summed E-state index contributed by atoms with van der Waals surface area (Å²) in [5.41, 5.74) is 3.54. The number of para-hydroxylation sites is 1. The predicted octanol–water partition coefficient (Wildman–Crippen LogP) is 5.98. The highest BCUT2D eigenvalue weighted by Gasteiger charge is 2.49. The number of aliphatic hydroxyl groups excluding tert-OH is 1. The van der Waals surface area contributed by atoms with Crippen LogP contribution in [0.25, 0.3) is 0 Å². The summed E-state index contributed by atoms with van der Waals surface area (Å²) in [5.74, 6) is 0.543. The van der Waals surface area contributed by atoms with Crippen LogP contribution in [0.5, 0.6) is 11.5 Å². The van der Waals surface area contributed by atoms with Crippen LogP contribution >= 0.6 is 11.8 Å². The Kier molecular flexibility index (Phi) is 11.4. The zero-order valence-electron chi connectivity index (χ0n) is 27.3. The molecule has 0 radical (unpaired) electrons. The second kappa shape index (κ2) is 15.9. The SMILES string of the molecule is Cc1ccccc1CNC(=O)C1N(C(=O)C(O)C(Cc2ccccc2)NC(=O)OCc2cccc(Oc3ccccc3)c2)CSC1(C)C. The molecule has 4 aromatic rings. The molecule has 250 valence electrons. The van der Waals surface area contributed by atoms with E-state index in [2.05, 4.69) is 10.6 Å². The summed E-state index contributed by atoms with van der Waals surface area (Å²) in [6, 6.07) is 31.7. The fraction of sp³-hybridized carbons (Fsp3) is 0.289. The van der Waals surface area contributed by atoms with Crippen LogP contribution in [0.2, 0.25) is 0 Å². The van der Waals surface area contributed by atoms with E-state index in [-0.39, 0.29) is 24.8 Å². The van der Waals surface area contributed by atoms with Crippen LogP contribution in [0.15, 0.2) is 109 Å². The second-order valence-corrected chi connectivity index (χ2v) is 13.9. The van der Waals surface area contributed by atoms with Crippen molar-refractivity contribution in [2.24, 2.45) is 0 Å². The molecule has 1 aliphatic heterocycles. The van der Waals surface area contributed by atoms with Crippen molar-refractivity contribution in [3.63, 3.8) is 0 Å². The highest BCUT2D eigenvalue weighted by Crippen LogP contribution is 2.40. The summed E-state index contributed by atoms with van der Waals surface area (Å²) in [6.07, 6.45) is -2.26. The summed E-state index contributed by atoms with van der Waals surface area (Å²) in [6.45, 7) is 6.06. The molecule has 10 heteroatoms. The number of rotatable bonds is 12. The highest BCUT2D eigenvalue weighted by molar-refractivity contribution is 8.00. The standard InChI is InChI=1S/C38H41N3O6S/c1-26-13-10-11-17-29(26)23-39-35(43)34-38(2,3)48-25-41(34)36(44)33(42)32(22-27-14-6-4-7-15-27)40-37(45)46-24-28-16-12-20-31(21-28)47-30-18-8-5-9-19-30/h4-21,32-34,42H,22-25H2,1-3H3,(H,39,43)(H,40,45). The molecule has 3 amide bonds. The van der Waals surface area contributed by atoms with Gasteiger partial charge in [0, 0.05) is 11.3 Å². The molecule has 0 aromatic heterocycles. The molecule has 5 rings (SSSR count). The molecular weight excluding hydrogens is 627 g/mol. The minimum absolute atomic E-state index is 0.0555. The summed E-state index contributed by atoms with van der Waals surface area (Å²) >= 11 is 1.46. The van der Waals surface area contributed by atoms with Gasteiger partial charge in [-0.25, -0.2) is 4.79 Å². The quantitative estimate of drug-likeness (QED) is 0.170. The lowest BCUT2D eigenvalue weighted by atomic mass is 9.97. The van der Waals surface area contributed by atoms with Crippen LogP contribution in [0.3, 0.4) is 0 Å². The number of nitrogens with one attached hydrogen (secondary N) is 2. The van der Waals surface area contributed by atoms with Crippen molar-refractivity contribution in [1.82, 2.24) is 15.5 Å². The number of alkyl carbamates (subject to hydrolysis) is 1. The number of benzene rings is 4. The Hall–Kier alpha value is -4.80. The van der Waals surface area contributed by atoms with Crippen LogP contribution in [-0.2, 0) is 33.9 Å². The average Bonchev–Trinajstić information content (AvgIpc) is 3.41. The largest absolute Gasteiger partial charge is 0.457 e. The maximum absolute atomic E-state index is 13.9. The van der Waals surface area contributed by atoms with Crippen molar-refractivity contribution in [2.45, 2.75) is 63.3 Å². The van der Waals surface area contributed by atoms with Gasteiger partial charge in [-0.1, -0.05) is 84.9 Å². The van der Waals surface area contributed by atoms with E-state index in [0.29, 0.717) is 23.6 Å². The lowest BCUT2D eigenvalue weighted by molar-refractivity contribution is -0.147. The zero-order chi connectivity index (χ0) is 34.1. The minimum atomic E-state index is -1.64. The molecule has 0 spiro atoms. The lowest BCUT2D eigenvalue weighted by Crippen LogP contribution is -2.58. The van der Waals surface area contributed by atoms with Crippen LogP contribution in [0.4, 0.5) is 4.79 Å². The Morgan fingerprint density at radius 2 is 1.54 bits per heavy atom. The molecule has 1 aliphatic rings. The molecule has 3 unspecified atom stereocenters. The van der Waals surface area contributed by atoms with Gasteiger partial charge in [0.15, 0.2) is 6.10 Å². The smallest absolute Gasteiger partial charge is 0.407 e. The Bertz CT molecular complexity index is 1700. The van der Waals surface area contributed by atoms with Gasteiger partial charge in [0.05, 0.1) is 11.9 Å². The monoisotopic (exact) mass is 667 g/mol. The Morgan fingerprint density at radius 3 is 2.27 bits per heavy atom. The molecule has 48 heavy (non-hydrogen) atoms. The number of nitrogens with zero attached hydrogens (tertiary/aromatic N) is 1. The van der Waals surface area contributed by atoms with Gasteiger partial charge in [-0.3, -0.25) is 9.59 Å². The maximum atomic E-state index is 13.9. The summed E-state index contributed by atoms with van der Waals surface area (Å²) in [7, 11) is 0. The van der Waals surface area contributed by atoms with Crippen molar-refractivity contribution in [3.05, 3.63) is 131 Å². The van der Waals surface area contributed by atoms with Crippen LogP contribution in [0, 0.1) is 6.92 Å². The van der Waals surface area contributed by atoms with Crippen molar-refractivity contribution < 1.29 is 29.0 Å². The van der Waals surface area contributed by atoms with E-state index in [0.717, 1.165) is 16.7 Å². The van der Waals surface area contributed by atoms with Gasteiger partial charge >= 0.3 is 6.09 Å². The number of ether oxygens (including phenoxy) is 2. The van der Waals surface area contributed by atoms with Gasteiger partial charge in [0.2, 0.25) is 5.91 Å². The van der Waals surface area contributed by atoms with E-state index in [4.69, 9.17) is 9.47 Å². The Morgan fingerprint density at radius 1 is 0.896 bits per heavy atom. The van der Waals surface area contributed by atoms with E-state index in [9.17, 15) is 19.5 Å². The van der Waals surface area contributed by atoms with Crippen LogP contribution in [-0.4, -0.2) is 56.7 Å². The van der Waals surface area contributed by atoms with Gasteiger partial charge in [0.1, 0.15) is 24.1 Å². The fourth-order valence-electron chi connectivity index (χ4n) is 5.62. The Labute approximate surface area is 285 Å². The zero-order valence-corrected chi connectivity index (χ0v) is 28.1. The first-order chi connectivity index (χ1) is 23.1. The predicted molar refractivity (Wildman–Crippen MR) is 186 cm³/mol. The van der Waals surface area contributed by atoms with Crippen molar-refractivity contribution in [2.75, 3.05) is 5.88 Å². The van der Waals surface area contributed by atoms with Crippen LogP contribution < -0.4 is 15.4 Å². The number of amides is 3. The third-order valence-electron chi connectivity index (χ3n) is 8.27. The van der Waals surface area contributed by atoms with Crippen molar-refractivity contribution in [1.29, 1.82) is 0 Å². The first-order valence-corrected chi connectivity index (χ1v) is 16.8. The molecular formula is C38H41N3O6S. The molecule has 0 bridgehead atoms. The number of thioether (sulfide) groups is 1. The first kappa shape index (κ1) is 34.5. The van der Waals surface area contributed by atoms with Gasteiger partial charge in [0.25, 0.3) is 5.91 Å². The molecule has 9 nitrogen and oxygen atoms in total. The van der Waals surface area contributed by atoms with E-state index in [1.165, 1.54) is 16.7 Å². The lowest BCUT2D eigenvalue weighted by Gasteiger charge is -2.33. The summed E-state index contributed by atoms with van der Waals surface area (Å²) < 4.78 is 10.8. The van der Waals surface area contributed by atoms with E-state index in [1.807, 2.05) is 118 Å². The molecule has 0 aliphatic carbocycles. The third-order valence-corrected chi connectivity index (χ3v) is 9.65. The molecule has 3 atom stereocenters. The first-order valence-electron chi connectivity index (χ1n) is 15.8. The Balaban J connectivity index is 1.26. The van der Waals surface area contributed by atoms with Crippen LogP contribution in [0.1, 0.15) is 36.1 Å². The van der Waals surface area contributed by atoms with Crippen molar-refractivity contribution in [3.8, 4) is 11.5 Å². The molecule has 1 saturated heterocycles. The van der Waals surface area contributed by atoms with E-state index in [1.54, 1.807) is 12.1 Å². The minimum Gasteiger partial charge on any atom is -0.457 e. The molecule has 3 N–H and O–H groups in total. The third kappa shape index (κ3) is 8.96. The molecule has 4 aromatic carbocycles. The van der Waals surface area contributed by atoms with E-state index < -0.39 is 34.9 Å². The number of hydrogen-bond donors (Lipinski definition) is 3. The van der Waals surface area contributed by atoms with Gasteiger partial charge < -0.3 is 30.1 Å². The fourth-order valence-corrected chi connectivity index (χ4v) is 6.76. The number of aryl methyl sites for hydroxylation is 1.